The van der Waals surface area contributed by atoms with E-state index >= 15 is 0 Å². The highest BCUT2D eigenvalue weighted by Crippen LogP contribution is 2.30. The van der Waals surface area contributed by atoms with Crippen molar-refractivity contribution in [1.29, 1.82) is 0 Å². The second kappa shape index (κ2) is 18.7. The molecular formula is C35H47N5O7S2. The molecule has 0 heterocycles. The van der Waals surface area contributed by atoms with Gasteiger partial charge >= 0.3 is 0 Å². The van der Waals surface area contributed by atoms with Gasteiger partial charge in [-0.2, -0.15) is 0 Å². The van der Waals surface area contributed by atoms with E-state index in [0.717, 1.165) is 11.1 Å². The molecule has 0 aromatic heterocycles. The number of nitrogens with zero attached hydrogens (tertiary/aromatic N) is 1. The molecule has 12 nitrogen and oxygen atoms in total. The van der Waals surface area contributed by atoms with Crippen molar-refractivity contribution in [2.45, 2.75) is 86.7 Å². The number of nitrogens with one attached hydrogen (secondary N) is 2. The molecule has 49 heavy (non-hydrogen) atoms. The number of amides is 2. The van der Waals surface area contributed by atoms with Crippen LogP contribution < -0.4 is 22.1 Å². The summed E-state index contributed by atoms with van der Waals surface area (Å²) < 4.78 is 57.6. The average molecular weight is 714 g/mol. The Labute approximate surface area is 289 Å². The molecule has 0 radical (unpaired) electrons. The molecule has 0 aliphatic rings. The molecule has 14 heteroatoms. The summed E-state index contributed by atoms with van der Waals surface area (Å²) in [4.78, 5) is 39.2. The van der Waals surface area contributed by atoms with Gasteiger partial charge in [0, 0.05) is 6.42 Å². The lowest BCUT2D eigenvalue weighted by Crippen LogP contribution is -2.57. The number of aryl methyl sites for hydroxylation is 2. The number of sulfonamides is 2. The lowest BCUT2D eigenvalue weighted by Gasteiger charge is -2.31. The second-order valence-electron chi connectivity index (χ2n) is 11.9. The topological polar surface area (TPSA) is 199 Å². The van der Waals surface area contributed by atoms with Gasteiger partial charge in [-0.05, 0) is 88.9 Å². The van der Waals surface area contributed by atoms with Crippen LogP contribution in [0.1, 0.15) is 55.2 Å². The minimum absolute atomic E-state index is 0.0161. The van der Waals surface area contributed by atoms with Gasteiger partial charge in [0.2, 0.25) is 11.8 Å². The van der Waals surface area contributed by atoms with Crippen LogP contribution in [-0.2, 0) is 40.9 Å². The molecule has 3 atom stereocenters. The van der Waals surface area contributed by atoms with Gasteiger partial charge in [0.1, 0.15) is 18.4 Å². The van der Waals surface area contributed by atoms with Crippen molar-refractivity contribution in [3.8, 4) is 0 Å². The Bertz CT molecular complexity index is 1660. The molecule has 2 amide bonds. The van der Waals surface area contributed by atoms with E-state index in [2.05, 4.69) is 10.6 Å². The van der Waals surface area contributed by atoms with Crippen LogP contribution in [0.5, 0.6) is 0 Å². The highest BCUT2D eigenvalue weighted by atomic mass is 32.3. The molecule has 0 aliphatic heterocycles. The molecule has 0 saturated carbocycles. The monoisotopic (exact) mass is 713 g/mol. The third-order valence-corrected chi connectivity index (χ3v) is 12.3. The Hall–Kier alpha value is -3.95. The first-order chi connectivity index (χ1) is 23.3. The van der Waals surface area contributed by atoms with Gasteiger partial charge in [-0.15, -0.1) is 0 Å². The quantitative estimate of drug-likeness (QED) is 0.100. The van der Waals surface area contributed by atoms with Crippen molar-refractivity contribution in [3.05, 3.63) is 95.6 Å². The molecule has 6 N–H and O–H groups in total. The summed E-state index contributed by atoms with van der Waals surface area (Å²) in [6, 6.07) is 16.1. The summed E-state index contributed by atoms with van der Waals surface area (Å²) in [7, 11) is -9.74. The Morgan fingerprint density at radius 2 is 1.18 bits per heavy atom. The lowest BCUT2D eigenvalue weighted by atomic mass is 10.0. The molecule has 266 valence electrons. The number of hydrogen-bond donors (Lipinski definition) is 4. The first-order valence-corrected chi connectivity index (χ1v) is 19.2. The van der Waals surface area contributed by atoms with Crippen LogP contribution >= 0.6 is 0 Å². The van der Waals surface area contributed by atoms with Crippen molar-refractivity contribution in [2.24, 2.45) is 11.5 Å². The number of hydrogen-bond acceptors (Lipinski definition) is 9. The maximum Gasteiger partial charge on any atom is 0.257 e. The van der Waals surface area contributed by atoms with Crippen LogP contribution in [0.25, 0.3) is 0 Å². The van der Waals surface area contributed by atoms with Crippen LogP contribution in [-0.4, -0.2) is 69.9 Å². The summed E-state index contributed by atoms with van der Waals surface area (Å²) in [6.45, 7) is 4.16. The molecule has 0 spiro atoms. The van der Waals surface area contributed by atoms with Gasteiger partial charge in [-0.1, -0.05) is 75.9 Å². The van der Waals surface area contributed by atoms with Gasteiger partial charge in [-0.25, -0.2) is 16.8 Å². The van der Waals surface area contributed by atoms with Gasteiger partial charge in [0.25, 0.3) is 20.0 Å². The number of carbonyl (C=O) groups is 3. The predicted octanol–water partition coefficient (Wildman–Crippen LogP) is 2.72. The molecule has 0 saturated heterocycles. The highest BCUT2D eigenvalue weighted by Gasteiger charge is 2.45. The standard InChI is InChI=1S/C35H47N5O7S2/c1-26-14-18-30(19-15-26)48(44,45)40(49(46,47)31-20-16-27(2)17-21-31)33(13-7-9-23-37)35(43)39-32(24-28-10-4-3-5-11-28)34(42)38-29(25-41)12-6-8-22-36/h3-5,10-11,14-21,25,29,32-33H,6-9,12-13,22-24,36-37H2,1-2H3,(H,38,42)(H,39,43)/t29-,32-,33+/m0/s1. The maximum atomic E-state index is 14.3. The van der Waals surface area contributed by atoms with E-state index in [4.69, 9.17) is 11.5 Å². The zero-order valence-electron chi connectivity index (χ0n) is 28.0. The van der Waals surface area contributed by atoms with E-state index < -0.39 is 50.0 Å². The highest BCUT2D eigenvalue weighted by molar-refractivity contribution is 8.04. The van der Waals surface area contributed by atoms with Crippen molar-refractivity contribution >= 4 is 38.1 Å². The van der Waals surface area contributed by atoms with Crippen LogP contribution in [0.4, 0.5) is 0 Å². The largest absolute Gasteiger partial charge is 0.345 e. The fourth-order valence-electron chi connectivity index (χ4n) is 5.20. The molecular weight excluding hydrogens is 667 g/mol. The van der Waals surface area contributed by atoms with Crippen LogP contribution in [0.3, 0.4) is 0 Å². The van der Waals surface area contributed by atoms with E-state index in [0.29, 0.717) is 44.1 Å². The molecule has 0 fully saturated rings. The maximum absolute atomic E-state index is 14.3. The SMILES string of the molecule is Cc1ccc(S(=O)(=O)N([C@H](CCCCN)C(=O)N[C@@H](Cc2ccccc2)C(=O)N[C@H](C=O)CCCCN)S(=O)(=O)c2ccc(C)cc2)cc1. The van der Waals surface area contributed by atoms with E-state index in [1.54, 1.807) is 44.2 Å². The molecule has 0 bridgehead atoms. The third-order valence-electron chi connectivity index (χ3n) is 7.98. The third kappa shape index (κ3) is 11.0. The zero-order chi connectivity index (χ0) is 36.0. The number of rotatable bonds is 20. The summed E-state index contributed by atoms with van der Waals surface area (Å²) in [6.07, 6.45) is 2.53. The smallest absolute Gasteiger partial charge is 0.257 e. The summed E-state index contributed by atoms with van der Waals surface area (Å²) in [5.74, 6) is -1.68. The van der Waals surface area contributed by atoms with Gasteiger partial charge in [0.15, 0.2) is 0 Å². The van der Waals surface area contributed by atoms with Crippen LogP contribution in [0.15, 0.2) is 88.7 Å². The van der Waals surface area contributed by atoms with E-state index in [9.17, 15) is 31.2 Å². The Kier molecular flexibility index (Phi) is 15.1. The van der Waals surface area contributed by atoms with Crippen molar-refractivity contribution in [3.63, 3.8) is 0 Å². The number of unbranched alkanes of at least 4 members (excludes halogenated alkanes) is 2. The fraction of sp³-hybridized carbons (Fsp3) is 0.400. The minimum atomic E-state index is -4.87. The Balaban J connectivity index is 2.12. The van der Waals surface area contributed by atoms with Gasteiger partial charge in [0.05, 0.1) is 15.8 Å². The van der Waals surface area contributed by atoms with Gasteiger partial charge < -0.3 is 26.9 Å². The van der Waals surface area contributed by atoms with E-state index in [-0.39, 0.29) is 39.3 Å². The molecule has 3 rings (SSSR count). The fourth-order valence-corrected chi connectivity index (χ4v) is 9.20. The number of carbonyl (C=O) groups excluding carboxylic acids is 3. The Morgan fingerprint density at radius 3 is 1.65 bits per heavy atom. The molecule has 3 aromatic rings. The molecule has 3 aromatic carbocycles. The molecule has 0 unspecified atom stereocenters. The molecule has 0 aliphatic carbocycles. The van der Waals surface area contributed by atoms with E-state index in [1.165, 1.54) is 48.5 Å². The first-order valence-electron chi connectivity index (χ1n) is 16.3. The predicted molar refractivity (Wildman–Crippen MR) is 188 cm³/mol. The van der Waals surface area contributed by atoms with Crippen molar-refractivity contribution in [2.75, 3.05) is 13.1 Å². The summed E-state index contributed by atoms with van der Waals surface area (Å²) in [5, 5.41) is 5.31. The lowest BCUT2D eigenvalue weighted by molar-refractivity contribution is -0.131. The number of aldehydes is 1. The number of nitrogens with two attached hydrogens (primary N) is 2. The zero-order valence-corrected chi connectivity index (χ0v) is 29.6. The summed E-state index contributed by atoms with van der Waals surface area (Å²) >= 11 is 0. The van der Waals surface area contributed by atoms with Crippen LogP contribution in [0.2, 0.25) is 0 Å². The van der Waals surface area contributed by atoms with Crippen molar-refractivity contribution < 1.29 is 31.2 Å². The van der Waals surface area contributed by atoms with E-state index in [1.807, 2.05) is 0 Å². The Morgan fingerprint density at radius 1 is 0.694 bits per heavy atom. The van der Waals surface area contributed by atoms with Gasteiger partial charge in [-0.3, -0.25) is 9.59 Å². The average Bonchev–Trinajstić information content (AvgIpc) is 3.07. The number of benzene rings is 3. The second-order valence-corrected chi connectivity index (χ2v) is 15.8. The van der Waals surface area contributed by atoms with Crippen molar-refractivity contribution in [1.82, 2.24) is 14.3 Å². The normalized spacial score (nSPS) is 13.7. The minimum Gasteiger partial charge on any atom is -0.345 e. The first kappa shape index (κ1) is 39.5. The summed E-state index contributed by atoms with van der Waals surface area (Å²) in [5.41, 5.74) is 13.5. The van der Waals surface area contributed by atoms with Crippen LogP contribution in [0, 0.1) is 13.8 Å².